The van der Waals surface area contributed by atoms with E-state index in [0.29, 0.717) is 4.34 Å². The van der Waals surface area contributed by atoms with Gasteiger partial charge in [-0.1, -0.05) is 40.8 Å². The fraction of sp³-hybridized carbons (Fsp3) is 0.250. The summed E-state index contributed by atoms with van der Waals surface area (Å²) in [7, 11) is 1.91. The first-order valence-corrected chi connectivity index (χ1v) is 7.35. The molecule has 0 aliphatic rings. The second kappa shape index (κ2) is 6.03. The number of carbonyl (C=O) groups is 1. The molecule has 0 spiro atoms. The predicted octanol–water partition coefficient (Wildman–Crippen LogP) is 2.79. The van der Waals surface area contributed by atoms with Crippen LogP contribution in [0.1, 0.15) is 5.56 Å². The van der Waals surface area contributed by atoms with Crippen LogP contribution < -0.4 is 4.90 Å². The number of hydrogen-bond donors (Lipinski definition) is 1. The first-order chi connectivity index (χ1) is 9.06. The summed E-state index contributed by atoms with van der Waals surface area (Å²) in [6.07, 6.45) is 0. The van der Waals surface area contributed by atoms with Crippen LogP contribution in [-0.2, 0) is 4.79 Å². The number of rotatable bonds is 5. The van der Waals surface area contributed by atoms with Crippen LogP contribution in [0.15, 0.2) is 28.6 Å². The molecular formula is C12H13N3O2S2. The smallest absolute Gasteiger partial charge is 0.313 e. The number of carboxylic acid groups (broad SMARTS) is 1. The number of aryl methyl sites for hydroxylation is 1. The Kier molecular flexibility index (Phi) is 4.39. The van der Waals surface area contributed by atoms with Crippen LogP contribution >= 0.6 is 23.1 Å². The third kappa shape index (κ3) is 3.68. The van der Waals surface area contributed by atoms with E-state index in [1.807, 2.05) is 43.1 Å². The van der Waals surface area contributed by atoms with Crippen LogP contribution in [0.25, 0.3) is 0 Å². The molecule has 1 N–H and O–H groups in total. The van der Waals surface area contributed by atoms with Crippen LogP contribution in [-0.4, -0.2) is 34.1 Å². The number of aliphatic carboxylic acids is 1. The van der Waals surface area contributed by atoms with E-state index in [1.54, 1.807) is 0 Å². The molecule has 7 heteroatoms. The van der Waals surface area contributed by atoms with Gasteiger partial charge in [-0.2, -0.15) is 0 Å². The lowest BCUT2D eigenvalue weighted by atomic mass is 10.2. The molecule has 1 heterocycles. The summed E-state index contributed by atoms with van der Waals surface area (Å²) in [5.41, 5.74) is 2.23. The summed E-state index contributed by atoms with van der Waals surface area (Å²) >= 11 is 2.57. The van der Waals surface area contributed by atoms with Gasteiger partial charge in [0.1, 0.15) is 0 Å². The van der Waals surface area contributed by atoms with Crippen molar-refractivity contribution in [2.75, 3.05) is 17.7 Å². The van der Waals surface area contributed by atoms with Crippen molar-refractivity contribution in [3.05, 3.63) is 29.8 Å². The van der Waals surface area contributed by atoms with E-state index in [-0.39, 0.29) is 5.75 Å². The van der Waals surface area contributed by atoms with Crippen molar-refractivity contribution in [1.29, 1.82) is 0 Å². The number of aromatic nitrogens is 2. The van der Waals surface area contributed by atoms with Crippen LogP contribution in [0.4, 0.5) is 10.8 Å². The average Bonchev–Trinajstić information content (AvgIpc) is 2.85. The van der Waals surface area contributed by atoms with E-state index in [2.05, 4.69) is 10.2 Å². The highest BCUT2D eigenvalue weighted by molar-refractivity contribution is 8.01. The van der Waals surface area contributed by atoms with E-state index in [0.717, 1.165) is 10.8 Å². The highest BCUT2D eigenvalue weighted by Crippen LogP contribution is 2.31. The number of benzene rings is 1. The quantitative estimate of drug-likeness (QED) is 0.856. The number of anilines is 2. The van der Waals surface area contributed by atoms with E-state index in [4.69, 9.17) is 5.11 Å². The second-order valence-electron chi connectivity index (χ2n) is 3.93. The average molecular weight is 295 g/mol. The topological polar surface area (TPSA) is 66.3 Å². The maximum Gasteiger partial charge on any atom is 0.313 e. The maximum absolute atomic E-state index is 10.5. The fourth-order valence-corrected chi connectivity index (χ4v) is 2.94. The first-order valence-electron chi connectivity index (χ1n) is 5.55. The highest BCUT2D eigenvalue weighted by atomic mass is 32.2. The van der Waals surface area contributed by atoms with Gasteiger partial charge in [0.2, 0.25) is 5.13 Å². The standard InChI is InChI=1S/C12H13N3O2S2/c1-8-3-5-9(6-4-8)15(2)11-13-14-12(19-11)18-7-10(16)17/h3-6H,7H2,1-2H3,(H,16,17). The number of carboxylic acids is 1. The van der Waals surface area contributed by atoms with Gasteiger partial charge in [0.05, 0.1) is 5.75 Å². The lowest BCUT2D eigenvalue weighted by molar-refractivity contribution is -0.133. The lowest BCUT2D eigenvalue weighted by Gasteiger charge is -2.14. The van der Waals surface area contributed by atoms with Gasteiger partial charge in [-0.25, -0.2) is 0 Å². The molecule has 0 radical (unpaired) electrons. The Balaban J connectivity index is 2.09. The zero-order chi connectivity index (χ0) is 13.8. The Labute approximate surface area is 119 Å². The fourth-order valence-electron chi connectivity index (χ4n) is 1.40. The molecule has 0 aliphatic heterocycles. The molecule has 1 aromatic carbocycles. The van der Waals surface area contributed by atoms with Crippen LogP contribution in [0.5, 0.6) is 0 Å². The van der Waals surface area contributed by atoms with E-state index >= 15 is 0 Å². The molecule has 2 aromatic rings. The highest BCUT2D eigenvalue weighted by Gasteiger charge is 2.11. The van der Waals surface area contributed by atoms with Crippen LogP contribution in [0.2, 0.25) is 0 Å². The Hall–Kier alpha value is -1.60. The Morgan fingerprint density at radius 3 is 2.68 bits per heavy atom. The zero-order valence-corrected chi connectivity index (χ0v) is 12.2. The van der Waals surface area contributed by atoms with Crippen molar-refractivity contribution >= 4 is 39.9 Å². The normalized spacial score (nSPS) is 10.4. The Morgan fingerprint density at radius 2 is 2.05 bits per heavy atom. The Morgan fingerprint density at radius 1 is 1.37 bits per heavy atom. The van der Waals surface area contributed by atoms with Crippen molar-refractivity contribution in [2.45, 2.75) is 11.3 Å². The molecule has 5 nitrogen and oxygen atoms in total. The molecule has 19 heavy (non-hydrogen) atoms. The second-order valence-corrected chi connectivity index (χ2v) is 6.11. The largest absolute Gasteiger partial charge is 0.481 e. The number of nitrogens with zero attached hydrogens (tertiary/aromatic N) is 3. The summed E-state index contributed by atoms with van der Waals surface area (Å²) < 4.78 is 0.663. The molecule has 0 saturated heterocycles. The molecule has 0 aliphatic carbocycles. The third-order valence-electron chi connectivity index (χ3n) is 2.42. The summed E-state index contributed by atoms with van der Waals surface area (Å²) in [4.78, 5) is 12.4. The van der Waals surface area contributed by atoms with Crippen molar-refractivity contribution in [3.63, 3.8) is 0 Å². The minimum Gasteiger partial charge on any atom is -0.481 e. The van der Waals surface area contributed by atoms with Crippen molar-refractivity contribution < 1.29 is 9.90 Å². The molecule has 0 fully saturated rings. The van der Waals surface area contributed by atoms with Gasteiger partial charge in [-0.05, 0) is 19.1 Å². The van der Waals surface area contributed by atoms with E-state index in [9.17, 15) is 4.79 Å². The van der Waals surface area contributed by atoms with E-state index in [1.165, 1.54) is 28.7 Å². The summed E-state index contributed by atoms with van der Waals surface area (Å²) in [6, 6.07) is 8.10. The van der Waals surface area contributed by atoms with Gasteiger partial charge in [0, 0.05) is 12.7 Å². The molecule has 1 aromatic heterocycles. The van der Waals surface area contributed by atoms with Crippen molar-refractivity contribution in [2.24, 2.45) is 0 Å². The minimum atomic E-state index is -0.853. The number of hydrogen-bond acceptors (Lipinski definition) is 6. The van der Waals surface area contributed by atoms with Gasteiger partial charge in [-0.15, -0.1) is 10.2 Å². The minimum absolute atomic E-state index is 0.00286. The molecule has 100 valence electrons. The van der Waals surface area contributed by atoms with Gasteiger partial charge < -0.3 is 10.0 Å². The predicted molar refractivity (Wildman–Crippen MR) is 77.5 cm³/mol. The van der Waals surface area contributed by atoms with Gasteiger partial charge in [0.15, 0.2) is 4.34 Å². The van der Waals surface area contributed by atoms with Gasteiger partial charge in [-0.3, -0.25) is 4.79 Å². The molecule has 0 unspecified atom stereocenters. The van der Waals surface area contributed by atoms with Gasteiger partial charge in [0.25, 0.3) is 0 Å². The van der Waals surface area contributed by atoms with Crippen molar-refractivity contribution in [1.82, 2.24) is 10.2 Å². The molecule has 0 atom stereocenters. The molecule has 0 amide bonds. The van der Waals surface area contributed by atoms with Crippen molar-refractivity contribution in [3.8, 4) is 0 Å². The van der Waals surface area contributed by atoms with Gasteiger partial charge >= 0.3 is 5.97 Å². The number of thioether (sulfide) groups is 1. The molecular weight excluding hydrogens is 282 g/mol. The Bertz CT molecular complexity index is 569. The monoisotopic (exact) mass is 295 g/mol. The summed E-state index contributed by atoms with van der Waals surface area (Å²) in [6.45, 7) is 2.04. The summed E-state index contributed by atoms with van der Waals surface area (Å²) in [5, 5.41) is 17.4. The molecule has 0 bridgehead atoms. The zero-order valence-electron chi connectivity index (χ0n) is 10.5. The third-order valence-corrected chi connectivity index (χ3v) is 4.54. The van der Waals surface area contributed by atoms with Crippen LogP contribution in [0.3, 0.4) is 0 Å². The first kappa shape index (κ1) is 13.8. The maximum atomic E-state index is 10.5. The molecule has 2 rings (SSSR count). The van der Waals surface area contributed by atoms with Crippen LogP contribution in [0, 0.1) is 6.92 Å². The SMILES string of the molecule is Cc1ccc(N(C)c2nnc(SCC(=O)O)s2)cc1. The lowest BCUT2D eigenvalue weighted by Crippen LogP contribution is -2.08. The molecule has 0 saturated carbocycles. The summed E-state index contributed by atoms with van der Waals surface area (Å²) in [5.74, 6) is -0.850. The van der Waals surface area contributed by atoms with E-state index < -0.39 is 5.97 Å².